The van der Waals surface area contributed by atoms with Crippen molar-refractivity contribution in [2.75, 3.05) is 0 Å². The molecule has 1 aliphatic carbocycles. The molecule has 0 aromatic heterocycles. The summed E-state index contributed by atoms with van der Waals surface area (Å²) in [5, 5.41) is 0. The zero-order chi connectivity index (χ0) is 13.0. The molecule has 0 heterocycles. The highest BCUT2D eigenvalue weighted by Crippen LogP contribution is 3.02. The van der Waals surface area contributed by atoms with Crippen LogP contribution in [-0.4, -0.2) is 5.78 Å². The first-order valence-corrected chi connectivity index (χ1v) is 6.51. The van der Waals surface area contributed by atoms with Gasteiger partial charge in [-0.1, -0.05) is 49.8 Å². The Hall–Kier alpha value is -1.37. The lowest BCUT2D eigenvalue weighted by atomic mass is 9.96. The summed E-state index contributed by atoms with van der Waals surface area (Å²) in [6, 6.07) is 5.43. The van der Waals surface area contributed by atoms with Crippen molar-refractivity contribution in [2.24, 2.45) is 0 Å². The lowest BCUT2D eigenvalue weighted by Crippen LogP contribution is -2.21. The van der Waals surface area contributed by atoms with Crippen LogP contribution in [0.1, 0.15) is 15.9 Å². The highest BCUT2D eigenvalue weighted by Gasteiger charge is 2.69. The molecule has 0 saturated carbocycles. The topological polar surface area (TPSA) is 17.1 Å². The van der Waals surface area contributed by atoms with Gasteiger partial charge < -0.3 is 0 Å². The van der Waals surface area contributed by atoms with Crippen molar-refractivity contribution >= 4 is 16.0 Å². The summed E-state index contributed by atoms with van der Waals surface area (Å²) < 4.78 is 62.8. The summed E-state index contributed by atoms with van der Waals surface area (Å²) in [6.07, 6.45) is -0.0466. The first-order valence-electron chi connectivity index (χ1n) is 4.56. The highest BCUT2D eigenvalue weighted by atomic mass is 32.5. The molecule has 94 valence electrons. The first-order chi connectivity index (χ1) is 7.49. The molecule has 0 bridgehead atoms. The quantitative estimate of drug-likeness (QED) is 0.681. The molecule has 1 aliphatic rings. The van der Waals surface area contributed by atoms with E-state index in [1.54, 1.807) is 0 Å². The first kappa shape index (κ1) is 12.1. The Balaban J connectivity index is 2.60. The Labute approximate surface area is 93.7 Å². The molecular weight excluding hydrogens is 263 g/mol. The average Bonchev–Trinajstić information content (AvgIpc) is 2.14. The molecule has 0 amide bonds. The standard InChI is InChI=1S/C10H7F5OS/c11-17(12,13,14,15)9-6-5-7-3-1-2-4-8(7)10(9)16/h1-4,6H,5H2. The Morgan fingerprint density at radius 2 is 1.59 bits per heavy atom. The van der Waals surface area contributed by atoms with Crippen molar-refractivity contribution in [1.29, 1.82) is 0 Å². The monoisotopic (exact) mass is 270 g/mol. The molecule has 0 atom stereocenters. The van der Waals surface area contributed by atoms with Crippen molar-refractivity contribution in [3.8, 4) is 0 Å². The van der Waals surface area contributed by atoms with Gasteiger partial charge in [0.25, 0.3) is 0 Å². The van der Waals surface area contributed by atoms with E-state index in [0.717, 1.165) is 6.07 Å². The molecule has 0 unspecified atom stereocenters. The van der Waals surface area contributed by atoms with Gasteiger partial charge in [-0.15, -0.1) is 0 Å². The maximum absolute atomic E-state index is 12.6. The maximum atomic E-state index is 12.6. The fourth-order valence-corrected chi connectivity index (χ4v) is 2.54. The minimum Gasteiger partial charge on any atom is -0.288 e. The van der Waals surface area contributed by atoms with Crippen molar-refractivity contribution in [1.82, 2.24) is 0 Å². The Morgan fingerprint density at radius 1 is 1.00 bits per heavy atom. The van der Waals surface area contributed by atoms with Crippen LogP contribution in [0.25, 0.3) is 0 Å². The number of allylic oxidation sites excluding steroid dienone is 2. The van der Waals surface area contributed by atoms with Crippen molar-refractivity contribution in [2.45, 2.75) is 6.42 Å². The van der Waals surface area contributed by atoms with E-state index in [4.69, 9.17) is 0 Å². The number of carbonyl (C=O) groups is 1. The van der Waals surface area contributed by atoms with Crippen molar-refractivity contribution in [3.05, 3.63) is 46.4 Å². The molecule has 2 rings (SSSR count). The van der Waals surface area contributed by atoms with Gasteiger partial charge >= 0.3 is 10.2 Å². The summed E-state index contributed by atoms with van der Waals surface area (Å²) >= 11 is 0. The van der Waals surface area contributed by atoms with Gasteiger partial charge in [-0.05, 0) is 12.0 Å². The molecule has 0 radical (unpaired) electrons. The predicted molar refractivity (Wildman–Crippen MR) is 55.7 cm³/mol. The number of rotatable bonds is 1. The van der Waals surface area contributed by atoms with Gasteiger partial charge in [0.15, 0.2) is 4.91 Å². The van der Waals surface area contributed by atoms with Gasteiger partial charge in [-0.25, -0.2) is 0 Å². The van der Waals surface area contributed by atoms with Crippen LogP contribution in [0.3, 0.4) is 0 Å². The van der Waals surface area contributed by atoms with Gasteiger partial charge in [-0.3, -0.25) is 4.79 Å². The second-order valence-corrected chi connectivity index (χ2v) is 6.11. The third-order valence-electron chi connectivity index (χ3n) is 2.41. The van der Waals surface area contributed by atoms with Crippen LogP contribution in [0.15, 0.2) is 35.2 Å². The van der Waals surface area contributed by atoms with Crippen LogP contribution < -0.4 is 0 Å². The van der Waals surface area contributed by atoms with Crippen molar-refractivity contribution < 1.29 is 24.2 Å². The molecule has 0 N–H and O–H groups in total. The normalized spacial score (nSPS) is 20.1. The second-order valence-electron chi connectivity index (χ2n) is 3.73. The number of hydrogen-bond acceptors (Lipinski definition) is 1. The molecule has 0 fully saturated rings. The SMILES string of the molecule is O=C1C(S(F)(F)(F)(F)F)=CCc2ccccc21. The molecule has 1 aromatic rings. The number of hydrogen-bond donors (Lipinski definition) is 0. The fourth-order valence-electron chi connectivity index (χ4n) is 1.68. The van der Waals surface area contributed by atoms with E-state index in [-0.39, 0.29) is 18.1 Å². The Morgan fingerprint density at radius 3 is 2.18 bits per heavy atom. The molecule has 17 heavy (non-hydrogen) atoms. The predicted octanol–water partition coefficient (Wildman–Crippen LogP) is 4.61. The number of fused-ring (bicyclic) bond motifs is 1. The van der Waals surface area contributed by atoms with Gasteiger partial charge in [0.1, 0.15) is 0 Å². The van der Waals surface area contributed by atoms with E-state index in [9.17, 15) is 24.2 Å². The molecule has 1 aromatic carbocycles. The highest BCUT2D eigenvalue weighted by molar-refractivity contribution is 8.49. The van der Waals surface area contributed by atoms with Crippen LogP contribution in [0.5, 0.6) is 0 Å². The van der Waals surface area contributed by atoms with E-state index < -0.39 is 20.9 Å². The van der Waals surface area contributed by atoms with E-state index in [0.29, 0.717) is 5.56 Å². The Bertz CT molecular complexity index is 543. The van der Waals surface area contributed by atoms with E-state index >= 15 is 0 Å². The number of carbonyl (C=O) groups excluding carboxylic acids is 1. The molecule has 0 saturated heterocycles. The largest absolute Gasteiger partial charge is 0.313 e. The number of benzene rings is 1. The van der Waals surface area contributed by atoms with Crippen LogP contribution in [0, 0.1) is 0 Å². The van der Waals surface area contributed by atoms with Gasteiger partial charge in [-0.2, -0.15) is 0 Å². The van der Waals surface area contributed by atoms with Crippen LogP contribution in [-0.2, 0) is 6.42 Å². The molecule has 0 aliphatic heterocycles. The summed E-state index contributed by atoms with van der Waals surface area (Å²) in [5.41, 5.74) is 0.0151. The lowest BCUT2D eigenvalue weighted by molar-refractivity contribution is 0.103. The number of halogens is 5. The minimum atomic E-state index is -9.88. The second kappa shape index (κ2) is 2.72. The molecule has 0 spiro atoms. The summed E-state index contributed by atoms with van der Waals surface area (Å²) in [4.78, 5) is 9.13. The van der Waals surface area contributed by atoms with E-state index in [1.807, 2.05) is 0 Å². The molecular formula is C10H7F5OS. The smallest absolute Gasteiger partial charge is 0.288 e. The van der Waals surface area contributed by atoms with E-state index in [2.05, 4.69) is 0 Å². The van der Waals surface area contributed by atoms with Gasteiger partial charge in [0.2, 0.25) is 5.78 Å². The van der Waals surface area contributed by atoms with Gasteiger partial charge in [0, 0.05) is 5.56 Å². The summed E-state index contributed by atoms with van der Waals surface area (Å²) in [6.45, 7) is 0. The number of Topliss-reactive ketones (excluding diaryl/α,β-unsaturated/α-hetero) is 1. The van der Waals surface area contributed by atoms with Crippen molar-refractivity contribution in [3.63, 3.8) is 0 Å². The third kappa shape index (κ3) is 2.19. The lowest BCUT2D eigenvalue weighted by Gasteiger charge is -2.42. The Kier molecular flexibility index (Phi) is 1.93. The van der Waals surface area contributed by atoms with Crippen LogP contribution in [0.2, 0.25) is 0 Å². The third-order valence-corrected chi connectivity index (χ3v) is 3.59. The van der Waals surface area contributed by atoms with E-state index in [1.165, 1.54) is 18.2 Å². The summed E-state index contributed by atoms with van der Waals surface area (Å²) in [5.74, 6) is -1.65. The van der Waals surface area contributed by atoms with Gasteiger partial charge in [0.05, 0.1) is 0 Å². The zero-order valence-electron chi connectivity index (χ0n) is 8.30. The maximum Gasteiger partial charge on any atom is 0.313 e. The van der Waals surface area contributed by atoms with Crippen LogP contribution in [0.4, 0.5) is 19.4 Å². The minimum absolute atomic E-state index is 0.270. The fraction of sp³-hybridized carbons (Fsp3) is 0.100. The average molecular weight is 270 g/mol. The molecule has 1 nitrogen and oxygen atoms in total. The zero-order valence-corrected chi connectivity index (χ0v) is 9.12. The number of ketones is 1. The van der Waals surface area contributed by atoms with Crippen LogP contribution >= 0.6 is 10.2 Å². The summed E-state index contributed by atoms with van der Waals surface area (Å²) in [7, 11) is -9.88. The molecule has 7 heteroatoms.